The fourth-order valence-electron chi connectivity index (χ4n) is 1.09. The van der Waals surface area contributed by atoms with Gasteiger partial charge >= 0.3 is 0 Å². The number of benzene rings is 1. The Morgan fingerprint density at radius 2 is 2.07 bits per heavy atom. The number of amides is 1. The molecule has 0 radical (unpaired) electrons. The second-order valence-corrected chi connectivity index (χ2v) is 3.23. The van der Waals surface area contributed by atoms with Gasteiger partial charge in [-0.15, -0.1) is 0 Å². The van der Waals surface area contributed by atoms with Gasteiger partial charge in [0.15, 0.2) is 0 Å². The molecule has 0 aliphatic rings. The molecule has 0 bridgehead atoms. The standard InChI is InChI=1S/C12H12N2O/c1-9(2)12(15)14-11(8-13)10-6-4-3-5-7-10/h3-7,11H,1H2,2H3,(H,14,15). The van der Waals surface area contributed by atoms with Crippen LogP contribution in [0.3, 0.4) is 0 Å². The lowest BCUT2D eigenvalue weighted by atomic mass is 10.1. The van der Waals surface area contributed by atoms with Gasteiger partial charge in [0, 0.05) is 5.57 Å². The number of carbonyl (C=O) groups is 1. The molecule has 0 spiro atoms. The summed E-state index contributed by atoms with van der Waals surface area (Å²) in [4.78, 5) is 11.3. The highest BCUT2D eigenvalue weighted by molar-refractivity contribution is 5.92. The molecule has 3 nitrogen and oxygen atoms in total. The van der Waals surface area contributed by atoms with Crippen molar-refractivity contribution in [3.63, 3.8) is 0 Å². The van der Waals surface area contributed by atoms with Crippen LogP contribution in [0, 0.1) is 11.3 Å². The summed E-state index contributed by atoms with van der Waals surface area (Å²) >= 11 is 0. The maximum Gasteiger partial charge on any atom is 0.247 e. The third-order valence-corrected chi connectivity index (χ3v) is 1.93. The second kappa shape index (κ2) is 4.97. The molecular formula is C12H12N2O. The van der Waals surface area contributed by atoms with Gasteiger partial charge < -0.3 is 5.32 Å². The van der Waals surface area contributed by atoms with Gasteiger partial charge in [-0.25, -0.2) is 0 Å². The van der Waals surface area contributed by atoms with Crippen LogP contribution in [0.5, 0.6) is 0 Å². The largest absolute Gasteiger partial charge is 0.333 e. The van der Waals surface area contributed by atoms with Gasteiger partial charge in [0.1, 0.15) is 6.04 Å². The molecule has 1 amide bonds. The number of nitriles is 1. The first-order chi connectivity index (χ1) is 7.15. The summed E-state index contributed by atoms with van der Waals surface area (Å²) < 4.78 is 0. The third kappa shape index (κ3) is 2.96. The molecule has 1 aromatic carbocycles. The number of rotatable bonds is 3. The minimum Gasteiger partial charge on any atom is -0.333 e. The molecule has 0 aromatic heterocycles. The average molecular weight is 200 g/mol. The molecule has 15 heavy (non-hydrogen) atoms. The Balaban J connectivity index is 2.79. The lowest BCUT2D eigenvalue weighted by molar-refractivity contribution is -0.117. The average Bonchev–Trinajstić information content (AvgIpc) is 2.26. The first-order valence-corrected chi connectivity index (χ1v) is 4.56. The van der Waals surface area contributed by atoms with Gasteiger partial charge in [0.05, 0.1) is 6.07 Å². The predicted molar refractivity (Wildman–Crippen MR) is 57.8 cm³/mol. The minimum absolute atomic E-state index is 0.301. The van der Waals surface area contributed by atoms with E-state index in [1.165, 1.54) is 0 Å². The monoisotopic (exact) mass is 200 g/mol. The molecule has 76 valence electrons. The van der Waals surface area contributed by atoms with E-state index in [1.807, 2.05) is 24.3 Å². The summed E-state index contributed by atoms with van der Waals surface area (Å²) in [5.41, 5.74) is 1.17. The van der Waals surface area contributed by atoms with Crippen molar-refractivity contribution < 1.29 is 4.79 Å². The number of nitrogens with one attached hydrogen (secondary N) is 1. The Kier molecular flexibility index (Phi) is 3.64. The highest BCUT2D eigenvalue weighted by Crippen LogP contribution is 2.11. The van der Waals surface area contributed by atoms with Crippen LogP contribution in [-0.4, -0.2) is 5.91 Å². The SMILES string of the molecule is C=C(C)C(=O)NC(C#N)c1ccccc1. The molecule has 0 fully saturated rings. The molecule has 0 aliphatic heterocycles. The molecule has 1 atom stereocenters. The first kappa shape index (κ1) is 11.0. The van der Waals surface area contributed by atoms with Crippen molar-refractivity contribution >= 4 is 5.91 Å². The number of hydrogen-bond donors (Lipinski definition) is 1. The van der Waals surface area contributed by atoms with Gasteiger partial charge in [-0.1, -0.05) is 36.9 Å². The molecular weight excluding hydrogens is 188 g/mol. The highest BCUT2D eigenvalue weighted by atomic mass is 16.1. The summed E-state index contributed by atoms with van der Waals surface area (Å²) in [6.45, 7) is 5.12. The van der Waals surface area contributed by atoms with Crippen molar-refractivity contribution in [3.05, 3.63) is 48.0 Å². The van der Waals surface area contributed by atoms with E-state index in [0.717, 1.165) is 5.56 Å². The molecule has 1 aromatic rings. The van der Waals surface area contributed by atoms with Gasteiger partial charge in [-0.3, -0.25) is 4.79 Å². The topological polar surface area (TPSA) is 52.9 Å². The van der Waals surface area contributed by atoms with E-state index in [1.54, 1.807) is 19.1 Å². The Hall–Kier alpha value is -2.08. The predicted octanol–water partition coefficient (Wildman–Crippen LogP) is 1.94. The Bertz CT molecular complexity index is 403. The Labute approximate surface area is 89.0 Å². The van der Waals surface area contributed by atoms with Gasteiger partial charge in [0.2, 0.25) is 5.91 Å². The van der Waals surface area contributed by atoms with Gasteiger partial charge in [-0.2, -0.15) is 5.26 Å². The normalized spacial score (nSPS) is 11.2. The third-order valence-electron chi connectivity index (χ3n) is 1.93. The number of hydrogen-bond acceptors (Lipinski definition) is 2. The van der Waals surface area contributed by atoms with E-state index < -0.39 is 6.04 Å². The zero-order chi connectivity index (χ0) is 11.3. The van der Waals surface area contributed by atoms with Crippen molar-refractivity contribution in [1.29, 1.82) is 5.26 Å². The molecule has 1 unspecified atom stereocenters. The number of nitrogens with zero attached hydrogens (tertiary/aromatic N) is 1. The van der Waals surface area contributed by atoms with Gasteiger partial charge in [0.25, 0.3) is 0 Å². The van der Waals surface area contributed by atoms with Crippen LogP contribution in [0.1, 0.15) is 18.5 Å². The lowest BCUT2D eigenvalue weighted by Crippen LogP contribution is -2.27. The van der Waals surface area contributed by atoms with Crippen LogP contribution in [0.15, 0.2) is 42.5 Å². The fraction of sp³-hybridized carbons (Fsp3) is 0.167. The van der Waals surface area contributed by atoms with E-state index in [9.17, 15) is 4.79 Å². The maximum atomic E-state index is 11.3. The van der Waals surface area contributed by atoms with Crippen LogP contribution in [-0.2, 0) is 4.79 Å². The number of carbonyl (C=O) groups excluding carboxylic acids is 1. The second-order valence-electron chi connectivity index (χ2n) is 3.23. The molecule has 0 saturated heterocycles. The van der Waals surface area contributed by atoms with Crippen molar-refractivity contribution in [3.8, 4) is 6.07 Å². The van der Waals surface area contributed by atoms with Crippen LogP contribution < -0.4 is 5.32 Å². The smallest absolute Gasteiger partial charge is 0.247 e. The van der Waals surface area contributed by atoms with E-state index in [4.69, 9.17) is 5.26 Å². The molecule has 3 heteroatoms. The van der Waals surface area contributed by atoms with E-state index in [-0.39, 0.29) is 5.91 Å². The molecule has 1 rings (SSSR count). The van der Waals surface area contributed by atoms with Crippen molar-refractivity contribution in [2.24, 2.45) is 0 Å². The highest BCUT2D eigenvalue weighted by Gasteiger charge is 2.12. The Morgan fingerprint density at radius 3 is 2.53 bits per heavy atom. The van der Waals surface area contributed by atoms with Gasteiger partial charge in [-0.05, 0) is 12.5 Å². The minimum atomic E-state index is -0.615. The molecule has 1 N–H and O–H groups in total. The molecule has 0 aliphatic carbocycles. The Morgan fingerprint density at radius 1 is 1.47 bits per heavy atom. The zero-order valence-electron chi connectivity index (χ0n) is 8.53. The van der Waals surface area contributed by atoms with E-state index in [2.05, 4.69) is 11.9 Å². The van der Waals surface area contributed by atoms with E-state index in [0.29, 0.717) is 5.57 Å². The first-order valence-electron chi connectivity index (χ1n) is 4.56. The summed E-state index contributed by atoms with van der Waals surface area (Å²) in [7, 11) is 0. The van der Waals surface area contributed by atoms with Crippen molar-refractivity contribution in [2.75, 3.05) is 0 Å². The molecule has 0 heterocycles. The van der Waals surface area contributed by atoms with E-state index >= 15 is 0 Å². The van der Waals surface area contributed by atoms with Crippen LogP contribution >= 0.6 is 0 Å². The van der Waals surface area contributed by atoms with Crippen molar-refractivity contribution in [2.45, 2.75) is 13.0 Å². The summed E-state index contributed by atoms with van der Waals surface area (Å²) in [6, 6.07) is 10.5. The molecule has 0 saturated carbocycles. The summed E-state index contributed by atoms with van der Waals surface area (Å²) in [5, 5.41) is 11.5. The maximum absolute atomic E-state index is 11.3. The fourth-order valence-corrected chi connectivity index (χ4v) is 1.09. The summed E-state index contributed by atoms with van der Waals surface area (Å²) in [5.74, 6) is -0.301. The van der Waals surface area contributed by atoms with Crippen LogP contribution in [0.2, 0.25) is 0 Å². The van der Waals surface area contributed by atoms with Crippen LogP contribution in [0.4, 0.5) is 0 Å². The quantitative estimate of drug-likeness (QED) is 0.758. The summed E-state index contributed by atoms with van der Waals surface area (Å²) in [6.07, 6.45) is 0. The van der Waals surface area contributed by atoms with Crippen molar-refractivity contribution in [1.82, 2.24) is 5.32 Å². The zero-order valence-corrected chi connectivity index (χ0v) is 8.53. The van der Waals surface area contributed by atoms with Crippen LogP contribution in [0.25, 0.3) is 0 Å². The lowest BCUT2D eigenvalue weighted by Gasteiger charge is -2.11.